The van der Waals surface area contributed by atoms with Gasteiger partial charge in [0.2, 0.25) is 0 Å². The van der Waals surface area contributed by atoms with Crippen LogP contribution in [0.15, 0.2) is 0 Å². The third-order valence-electron chi connectivity index (χ3n) is 3.10. The summed E-state index contributed by atoms with van der Waals surface area (Å²) in [5.41, 5.74) is 0. The first kappa shape index (κ1) is 24.6. The van der Waals surface area contributed by atoms with Gasteiger partial charge < -0.3 is 33.7 Å². The van der Waals surface area contributed by atoms with Gasteiger partial charge >= 0.3 is 12.1 Å². The number of ether oxygens (including phenoxy) is 6. The summed E-state index contributed by atoms with van der Waals surface area (Å²) in [5, 5.41) is 2.60. The van der Waals surface area contributed by atoms with Crippen molar-refractivity contribution in [1.82, 2.24) is 5.32 Å². The van der Waals surface area contributed by atoms with Crippen LogP contribution in [0.1, 0.15) is 25.7 Å². The lowest BCUT2D eigenvalue weighted by Gasteiger charge is -2.08. The van der Waals surface area contributed by atoms with E-state index in [1.54, 1.807) is 14.2 Å². The molecule has 0 aliphatic rings. The largest absolute Gasteiger partial charge is 0.463 e. The van der Waals surface area contributed by atoms with Gasteiger partial charge in [0.25, 0.3) is 0 Å². The van der Waals surface area contributed by atoms with Crippen LogP contribution in [0.3, 0.4) is 0 Å². The van der Waals surface area contributed by atoms with Crippen molar-refractivity contribution in [3.8, 4) is 0 Å². The molecule has 0 heterocycles. The second-order valence-electron chi connectivity index (χ2n) is 5.30. The van der Waals surface area contributed by atoms with Crippen LogP contribution in [0.4, 0.5) is 4.79 Å². The number of methoxy groups -OCH3 is 2. The van der Waals surface area contributed by atoms with Crippen LogP contribution in [-0.2, 0) is 33.2 Å². The van der Waals surface area contributed by atoms with Crippen LogP contribution in [0.5, 0.6) is 0 Å². The Morgan fingerprint density at radius 1 is 0.692 bits per heavy atom. The quantitative estimate of drug-likeness (QED) is 0.279. The topological polar surface area (TPSA) is 102 Å². The summed E-state index contributed by atoms with van der Waals surface area (Å²) >= 11 is 0. The van der Waals surface area contributed by atoms with Gasteiger partial charge in [0, 0.05) is 40.4 Å². The normalized spacial score (nSPS) is 10.5. The molecule has 0 unspecified atom stereocenters. The minimum atomic E-state index is -0.468. The van der Waals surface area contributed by atoms with E-state index < -0.39 is 6.09 Å². The zero-order valence-electron chi connectivity index (χ0n) is 16.0. The van der Waals surface area contributed by atoms with Gasteiger partial charge in [-0.15, -0.1) is 0 Å². The van der Waals surface area contributed by atoms with Gasteiger partial charge in [-0.1, -0.05) is 0 Å². The number of esters is 1. The first-order valence-electron chi connectivity index (χ1n) is 8.90. The van der Waals surface area contributed by atoms with Crippen molar-refractivity contribution in [2.24, 2.45) is 0 Å². The molecule has 0 fully saturated rings. The minimum absolute atomic E-state index is 0.177. The highest BCUT2D eigenvalue weighted by molar-refractivity contribution is 5.69. The number of rotatable bonds is 18. The van der Waals surface area contributed by atoms with Gasteiger partial charge in [-0.3, -0.25) is 4.79 Å². The molecule has 0 aromatic rings. The molecular formula is C17H33NO8. The summed E-state index contributed by atoms with van der Waals surface area (Å²) in [6, 6.07) is 0. The fourth-order valence-electron chi connectivity index (χ4n) is 1.78. The van der Waals surface area contributed by atoms with Crippen LogP contribution in [0.2, 0.25) is 0 Å². The molecule has 1 amide bonds. The first-order chi connectivity index (χ1) is 12.7. The smallest absolute Gasteiger partial charge is 0.407 e. The summed E-state index contributed by atoms with van der Waals surface area (Å²) in [4.78, 5) is 22.6. The molecule has 0 aliphatic heterocycles. The Hall–Kier alpha value is -1.42. The Morgan fingerprint density at radius 2 is 1.27 bits per heavy atom. The highest BCUT2D eigenvalue weighted by Gasteiger charge is 2.02. The number of hydrogen-bond donors (Lipinski definition) is 1. The Balaban J connectivity index is 3.21. The molecule has 0 bridgehead atoms. The van der Waals surface area contributed by atoms with Gasteiger partial charge in [-0.25, -0.2) is 4.79 Å². The SMILES string of the molecule is COCCCCC(=O)OCCOCCOCCOC(=O)NCCCOC. The van der Waals surface area contributed by atoms with E-state index in [4.69, 9.17) is 28.4 Å². The molecular weight excluding hydrogens is 346 g/mol. The zero-order chi connectivity index (χ0) is 19.3. The molecule has 0 aromatic heterocycles. The zero-order valence-corrected chi connectivity index (χ0v) is 16.0. The fraction of sp³-hybridized carbons (Fsp3) is 0.882. The second kappa shape index (κ2) is 19.9. The van der Waals surface area contributed by atoms with E-state index in [2.05, 4.69) is 5.32 Å². The van der Waals surface area contributed by atoms with Crippen molar-refractivity contribution in [2.45, 2.75) is 25.7 Å². The maximum absolute atomic E-state index is 11.4. The van der Waals surface area contributed by atoms with Crippen molar-refractivity contribution in [3.05, 3.63) is 0 Å². The Morgan fingerprint density at radius 3 is 1.92 bits per heavy atom. The number of carbonyl (C=O) groups is 2. The van der Waals surface area contributed by atoms with Gasteiger partial charge in [0.1, 0.15) is 13.2 Å². The number of hydrogen-bond acceptors (Lipinski definition) is 8. The van der Waals surface area contributed by atoms with Crippen LogP contribution in [-0.4, -0.2) is 85.7 Å². The Bertz CT molecular complexity index is 309. The number of carbonyl (C=O) groups excluding carboxylic acids is 2. The maximum atomic E-state index is 11.4. The van der Waals surface area contributed by atoms with Crippen LogP contribution in [0.25, 0.3) is 0 Å². The maximum Gasteiger partial charge on any atom is 0.407 e. The molecule has 154 valence electrons. The van der Waals surface area contributed by atoms with Crippen molar-refractivity contribution in [2.75, 3.05) is 73.6 Å². The Kier molecular flexibility index (Phi) is 18.8. The predicted molar refractivity (Wildman–Crippen MR) is 94.2 cm³/mol. The highest BCUT2D eigenvalue weighted by atomic mass is 16.6. The van der Waals surface area contributed by atoms with E-state index in [1.807, 2.05) is 0 Å². The molecule has 26 heavy (non-hydrogen) atoms. The van der Waals surface area contributed by atoms with E-state index in [-0.39, 0.29) is 19.2 Å². The monoisotopic (exact) mass is 379 g/mol. The highest BCUT2D eigenvalue weighted by Crippen LogP contribution is 1.97. The van der Waals surface area contributed by atoms with Crippen molar-refractivity contribution < 1.29 is 38.0 Å². The van der Waals surface area contributed by atoms with E-state index in [0.29, 0.717) is 52.6 Å². The minimum Gasteiger partial charge on any atom is -0.463 e. The van der Waals surface area contributed by atoms with Crippen LogP contribution >= 0.6 is 0 Å². The van der Waals surface area contributed by atoms with Crippen LogP contribution in [0, 0.1) is 0 Å². The molecule has 0 spiro atoms. The third-order valence-corrected chi connectivity index (χ3v) is 3.10. The molecule has 0 aliphatic carbocycles. The van der Waals surface area contributed by atoms with Gasteiger partial charge in [-0.05, 0) is 19.3 Å². The summed E-state index contributed by atoms with van der Waals surface area (Å²) in [7, 11) is 3.24. The molecule has 9 nitrogen and oxygen atoms in total. The summed E-state index contributed by atoms with van der Waals surface area (Å²) in [5.74, 6) is -0.224. The van der Waals surface area contributed by atoms with E-state index in [0.717, 1.165) is 19.3 Å². The lowest BCUT2D eigenvalue weighted by atomic mass is 10.2. The van der Waals surface area contributed by atoms with Crippen molar-refractivity contribution in [1.29, 1.82) is 0 Å². The van der Waals surface area contributed by atoms with E-state index >= 15 is 0 Å². The summed E-state index contributed by atoms with van der Waals surface area (Å²) < 4.78 is 30.3. The average Bonchev–Trinajstić information content (AvgIpc) is 2.64. The van der Waals surface area contributed by atoms with Gasteiger partial charge in [-0.2, -0.15) is 0 Å². The molecule has 0 rings (SSSR count). The molecule has 0 saturated heterocycles. The summed E-state index contributed by atoms with van der Waals surface area (Å²) in [6.45, 7) is 3.56. The summed E-state index contributed by atoms with van der Waals surface area (Å²) in [6.07, 6.45) is 2.27. The number of amides is 1. The Labute approximate surface area is 155 Å². The van der Waals surface area contributed by atoms with Crippen molar-refractivity contribution in [3.63, 3.8) is 0 Å². The average molecular weight is 379 g/mol. The van der Waals surface area contributed by atoms with Crippen LogP contribution < -0.4 is 5.32 Å². The molecule has 0 atom stereocenters. The van der Waals surface area contributed by atoms with Gasteiger partial charge in [0.15, 0.2) is 0 Å². The fourth-order valence-corrected chi connectivity index (χ4v) is 1.78. The lowest BCUT2D eigenvalue weighted by Crippen LogP contribution is -2.27. The van der Waals surface area contributed by atoms with E-state index in [1.165, 1.54) is 0 Å². The number of nitrogens with one attached hydrogen (secondary N) is 1. The molecule has 0 radical (unpaired) electrons. The molecule has 1 N–H and O–H groups in total. The second-order valence-corrected chi connectivity index (χ2v) is 5.30. The predicted octanol–water partition coefficient (Wildman–Crippen LogP) is 1.14. The number of unbranched alkanes of at least 4 members (excludes halogenated alkanes) is 1. The molecule has 0 saturated carbocycles. The first-order valence-corrected chi connectivity index (χ1v) is 8.90. The lowest BCUT2D eigenvalue weighted by molar-refractivity contribution is -0.145. The van der Waals surface area contributed by atoms with E-state index in [9.17, 15) is 9.59 Å². The number of alkyl carbamates (subject to hydrolysis) is 1. The van der Waals surface area contributed by atoms with Crippen molar-refractivity contribution >= 4 is 12.1 Å². The standard InChI is InChI=1S/C17H33NO8/c1-21-8-4-3-6-16(19)25-14-12-23-10-11-24-13-15-26-17(20)18-7-5-9-22-2/h3-15H2,1-2H3,(H,18,20). The third kappa shape index (κ3) is 18.9. The molecule has 0 aromatic carbocycles. The van der Waals surface area contributed by atoms with Gasteiger partial charge in [0.05, 0.1) is 26.4 Å². The molecule has 9 heteroatoms.